The predicted molar refractivity (Wildman–Crippen MR) is 256 cm³/mol. The van der Waals surface area contributed by atoms with E-state index in [0.29, 0.717) is 0 Å². The lowest BCUT2D eigenvalue weighted by Crippen LogP contribution is -2.25. The Morgan fingerprint density at radius 3 is 0.897 bits per heavy atom. The highest BCUT2D eigenvalue weighted by Gasteiger charge is 2.18. The van der Waals surface area contributed by atoms with Crippen LogP contribution in [0.4, 0.5) is 11.8 Å². The fraction of sp³-hybridized carbons (Fsp3) is 0.593. The van der Waals surface area contributed by atoms with Gasteiger partial charge in [-0.1, -0.05) is 193 Å². The van der Waals surface area contributed by atoms with Crippen molar-refractivity contribution in [1.29, 1.82) is 0 Å². The molecule has 0 unspecified atom stereocenters. The lowest BCUT2D eigenvalue weighted by atomic mass is 9.95. The molecule has 4 aromatic carbocycles. The lowest BCUT2D eigenvalue weighted by Gasteiger charge is -2.22. The fourth-order valence-corrected chi connectivity index (χ4v) is 9.31. The first-order valence-corrected chi connectivity index (χ1v) is 24.4. The summed E-state index contributed by atoms with van der Waals surface area (Å²) in [7, 11) is 0. The van der Waals surface area contributed by atoms with Crippen LogP contribution in [0.15, 0.2) is 69.5 Å². The minimum absolute atomic E-state index is 1.02. The van der Waals surface area contributed by atoms with Gasteiger partial charge in [-0.3, -0.25) is 0 Å². The monoisotopic (exact) mass is 787 g/mol. The Morgan fingerprint density at radius 2 is 0.569 bits per heavy atom. The molecule has 58 heavy (non-hydrogen) atoms. The van der Waals surface area contributed by atoms with Crippen molar-refractivity contribution in [3.05, 3.63) is 60.7 Å². The Balaban J connectivity index is 1.24. The van der Waals surface area contributed by atoms with E-state index in [2.05, 4.69) is 98.2 Å². The van der Waals surface area contributed by atoms with Gasteiger partial charge < -0.3 is 18.6 Å². The molecule has 0 spiro atoms. The number of rotatable bonds is 30. The van der Waals surface area contributed by atoms with E-state index in [1.165, 1.54) is 197 Å². The Morgan fingerprint density at radius 1 is 0.310 bits per heavy atom. The van der Waals surface area contributed by atoms with E-state index in [-0.39, 0.29) is 0 Å². The second kappa shape index (κ2) is 23.8. The molecule has 4 heteroatoms. The summed E-state index contributed by atoms with van der Waals surface area (Å²) < 4.78 is 13.7. The van der Waals surface area contributed by atoms with E-state index in [1.54, 1.807) is 0 Å². The number of fused-ring (bicyclic) bond motifs is 9. The highest BCUT2D eigenvalue weighted by atomic mass is 16.4. The summed E-state index contributed by atoms with van der Waals surface area (Å²) in [5.74, 6) is 2.09. The second-order valence-electron chi connectivity index (χ2n) is 17.6. The first kappa shape index (κ1) is 43.9. The Labute approximate surface area is 352 Å². The summed E-state index contributed by atoms with van der Waals surface area (Å²) in [6.07, 6.45) is 31.6. The van der Waals surface area contributed by atoms with Crippen LogP contribution in [0.3, 0.4) is 0 Å². The maximum atomic E-state index is 6.86. The summed E-state index contributed by atoms with van der Waals surface area (Å²) in [4.78, 5) is 5.09. The molecule has 0 radical (unpaired) electrons. The minimum Gasteiger partial charge on any atom is -0.440 e. The normalized spacial score (nSPS) is 12.0. The van der Waals surface area contributed by atoms with Gasteiger partial charge in [-0.05, 0) is 59.4 Å². The average Bonchev–Trinajstić information content (AvgIpc) is 3.89. The molecule has 0 fully saturated rings. The standard InChI is InChI=1S/C54H78N2O2/c1-5-9-13-17-21-25-37-55(38-26-22-18-14-10-6-2)51-41-43-29-31-47-45-34-36-50-48(46(45)33-35-49(47)53(43)57-51)32-30-44-42-52(58-54(44)50)56(39-27-23-19-15-11-7-3)40-28-24-20-16-12-8-4/h29-36,41-42H,5-28,37-40H2,1-4H3. The first-order valence-electron chi connectivity index (χ1n) is 24.4. The molecule has 6 rings (SSSR count). The Kier molecular flexibility index (Phi) is 18.0. The SMILES string of the molecule is CCCCCCCCN(CCCCCCCC)c1cc2ccc3c4ccc5c(ccc6cc(N(CCCCCCCC)CCCCCCCC)oc65)c4ccc3c2o1. The van der Waals surface area contributed by atoms with Crippen LogP contribution in [0.5, 0.6) is 0 Å². The largest absolute Gasteiger partial charge is 0.440 e. The van der Waals surface area contributed by atoms with Crippen molar-refractivity contribution in [3.8, 4) is 0 Å². The molecule has 2 aromatic heterocycles. The van der Waals surface area contributed by atoms with Crippen molar-refractivity contribution >= 4 is 66.0 Å². The predicted octanol–water partition coefficient (Wildman–Crippen LogP) is 17.7. The van der Waals surface area contributed by atoms with Crippen molar-refractivity contribution in [2.45, 2.75) is 182 Å². The van der Waals surface area contributed by atoms with Crippen molar-refractivity contribution < 1.29 is 8.83 Å². The maximum absolute atomic E-state index is 6.86. The van der Waals surface area contributed by atoms with Gasteiger partial charge in [0.25, 0.3) is 0 Å². The number of benzene rings is 4. The smallest absolute Gasteiger partial charge is 0.196 e. The highest BCUT2D eigenvalue weighted by molar-refractivity contribution is 6.24. The van der Waals surface area contributed by atoms with E-state index in [0.717, 1.165) is 49.1 Å². The van der Waals surface area contributed by atoms with Crippen molar-refractivity contribution in [2.24, 2.45) is 0 Å². The maximum Gasteiger partial charge on any atom is 0.196 e. The lowest BCUT2D eigenvalue weighted by molar-refractivity contribution is 0.536. The molecule has 0 aliphatic heterocycles. The van der Waals surface area contributed by atoms with Gasteiger partial charge in [-0.2, -0.15) is 0 Å². The van der Waals surface area contributed by atoms with Gasteiger partial charge in [0.15, 0.2) is 11.8 Å². The van der Waals surface area contributed by atoms with Gasteiger partial charge in [0.1, 0.15) is 11.2 Å². The molecule has 6 aromatic rings. The van der Waals surface area contributed by atoms with E-state index >= 15 is 0 Å². The summed E-state index contributed by atoms with van der Waals surface area (Å²) in [5, 5.41) is 9.89. The topological polar surface area (TPSA) is 32.8 Å². The van der Waals surface area contributed by atoms with E-state index in [4.69, 9.17) is 8.83 Å². The van der Waals surface area contributed by atoms with Gasteiger partial charge >= 0.3 is 0 Å². The molecule has 316 valence electrons. The molecule has 0 N–H and O–H groups in total. The Hall–Kier alpha value is -3.66. The first-order chi connectivity index (χ1) is 28.7. The Bertz CT molecular complexity index is 1910. The molecule has 0 saturated heterocycles. The van der Waals surface area contributed by atoms with Crippen LogP contribution in [0.2, 0.25) is 0 Å². The quantitative estimate of drug-likeness (QED) is 0.0336. The van der Waals surface area contributed by atoms with Crippen LogP contribution in [0, 0.1) is 0 Å². The van der Waals surface area contributed by atoms with E-state index < -0.39 is 0 Å². The number of unbranched alkanes of at least 4 members (excludes halogenated alkanes) is 20. The minimum atomic E-state index is 1.02. The summed E-state index contributed by atoms with van der Waals surface area (Å²) >= 11 is 0. The molecule has 2 heterocycles. The molecule has 0 aliphatic carbocycles. The van der Waals surface area contributed by atoms with E-state index in [1.807, 2.05) is 0 Å². The second-order valence-corrected chi connectivity index (χ2v) is 17.6. The molecule has 0 atom stereocenters. The van der Waals surface area contributed by atoms with Crippen LogP contribution >= 0.6 is 0 Å². The van der Waals surface area contributed by atoms with Gasteiger partial charge in [-0.15, -0.1) is 0 Å². The van der Waals surface area contributed by atoms with Crippen molar-refractivity contribution in [3.63, 3.8) is 0 Å². The molecule has 0 aliphatic rings. The summed E-state index contributed by atoms with van der Waals surface area (Å²) in [5.41, 5.74) is 2.04. The zero-order valence-electron chi connectivity index (χ0n) is 37.3. The van der Waals surface area contributed by atoms with Crippen LogP contribution in [-0.2, 0) is 0 Å². The van der Waals surface area contributed by atoms with Gasteiger partial charge in [-0.25, -0.2) is 0 Å². The fourth-order valence-electron chi connectivity index (χ4n) is 9.31. The molecule has 0 saturated carbocycles. The van der Waals surface area contributed by atoms with Crippen molar-refractivity contribution in [1.82, 2.24) is 0 Å². The van der Waals surface area contributed by atoms with Crippen LogP contribution in [-0.4, -0.2) is 26.2 Å². The molecule has 4 nitrogen and oxygen atoms in total. The third kappa shape index (κ3) is 11.8. The molecular formula is C54H78N2O2. The molecule has 0 amide bonds. The average molecular weight is 787 g/mol. The summed E-state index contributed by atoms with van der Waals surface area (Å²) in [6, 6.07) is 23.1. The molecule has 0 bridgehead atoms. The van der Waals surface area contributed by atoms with Gasteiger partial charge in [0.2, 0.25) is 0 Å². The van der Waals surface area contributed by atoms with E-state index in [9.17, 15) is 0 Å². The third-order valence-electron chi connectivity index (χ3n) is 12.9. The molecular weight excluding hydrogens is 709 g/mol. The number of nitrogens with zero attached hydrogens (tertiary/aromatic N) is 2. The van der Waals surface area contributed by atoms with Gasteiger partial charge in [0, 0.05) is 59.9 Å². The van der Waals surface area contributed by atoms with Gasteiger partial charge in [0.05, 0.1) is 0 Å². The zero-order valence-corrected chi connectivity index (χ0v) is 37.3. The zero-order chi connectivity index (χ0) is 40.4. The number of furan rings is 2. The number of hydrogen-bond donors (Lipinski definition) is 0. The van der Waals surface area contributed by atoms with Crippen LogP contribution in [0.1, 0.15) is 182 Å². The van der Waals surface area contributed by atoms with Crippen molar-refractivity contribution in [2.75, 3.05) is 36.0 Å². The van der Waals surface area contributed by atoms with Crippen LogP contribution < -0.4 is 9.80 Å². The highest BCUT2D eigenvalue weighted by Crippen LogP contribution is 2.40. The third-order valence-corrected chi connectivity index (χ3v) is 12.9. The summed E-state index contributed by atoms with van der Waals surface area (Å²) in [6.45, 7) is 13.5. The number of anilines is 2. The number of hydrogen-bond acceptors (Lipinski definition) is 4. The van der Waals surface area contributed by atoms with Crippen LogP contribution in [0.25, 0.3) is 54.3 Å².